The normalized spacial score (nSPS) is 14.0. The van der Waals surface area contributed by atoms with Gasteiger partial charge in [-0.1, -0.05) is 32.9 Å². The van der Waals surface area contributed by atoms with Gasteiger partial charge in [-0.15, -0.1) is 0 Å². The third-order valence-corrected chi connectivity index (χ3v) is 5.20. The molecule has 1 unspecified atom stereocenters. The molecule has 5 nitrogen and oxygen atoms in total. The summed E-state index contributed by atoms with van der Waals surface area (Å²) in [7, 11) is 1.64. The summed E-state index contributed by atoms with van der Waals surface area (Å²) in [4.78, 5) is 26.6. The molecule has 0 saturated heterocycles. The molecular formula is C23H28N2O3. The van der Waals surface area contributed by atoms with Crippen molar-refractivity contribution in [3.8, 4) is 5.75 Å². The monoisotopic (exact) mass is 380 g/mol. The minimum absolute atomic E-state index is 0.0172. The van der Waals surface area contributed by atoms with Crippen molar-refractivity contribution in [2.24, 2.45) is 5.92 Å². The molecule has 0 spiro atoms. The number of nitrogens with zero attached hydrogens (tertiary/aromatic N) is 1. The number of carbonyl (C=O) groups excluding carboxylic acids is 2. The van der Waals surface area contributed by atoms with Crippen molar-refractivity contribution >= 4 is 23.2 Å². The van der Waals surface area contributed by atoms with Crippen LogP contribution in [0.25, 0.3) is 0 Å². The number of hydrogen-bond acceptors (Lipinski definition) is 3. The quantitative estimate of drug-likeness (QED) is 0.809. The van der Waals surface area contributed by atoms with Gasteiger partial charge in [0.1, 0.15) is 5.75 Å². The predicted molar refractivity (Wildman–Crippen MR) is 112 cm³/mol. The lowest BCUT2D eigenvalue weighted by Crippen LogP contribution is -2.32. The average Bonchev–Trinajstić information content (AvgIpc) is 3.10. The zero-order valence-electron chi connectivity index (χ0n) is 17.0. The van der Waals surface area contributed by atoms with Gasteiger partial charge in [-0.05, 0) is 53.8 Å². The van der Waals surface area contributed by atoms with Crippen LogP contribution in [-0.2, 0) is 16.0 Å². The van der Waals surface area contributed by atoms with Crippen LogP contribution in [0.15, 0.2) is 42.5 Å². The Morgan fingerprint density at radius 2 is 1.82 bits per heavy atom. The number of fused-ring (bicyclic) bond motifs is 1. The smallest absolute Gasteiger partial charge is 0.229 e. The Balaban J connectivity index is 1.62. The van der Waals surface area contributed by atoms with E-state index in [1.165, 1.54) is 0 Å². The molecule has 148 valence electrons. The van der Waals surface area contributed by atoms with E-state index in [4.69, 9.17) is 4.74 Å². The summed E-state index contributed by atoms with van der Waals surface area (Å²) >= 11 is 0. The van der Waals surface area contributed by atoms with Crippen molar-refractivity contribution in [2.75, 3.05) is 23.9 Å². The summed E-state index contributed by atoms with van der Waals surface area (Å²) in [6.45, 7) is 6.58. The lowest BCUT2D eigenvalue weighted by atomic mass is 9.97. The largest absolute Gasteiger partial charge is 0.497 e. The first-order valence-electron chi connectivity index (χ1n) is 9.77. The van der Waals surface area contributed by atoms with E-state index < -0.39 is 0 Å². The first kappa shape index (κ1) is 19.9. The Hall–Kier alpha value is -2.82. The zero-order chi connectivity index (χ0) is 20.3. The summed E-state index contributed by atoms with van der Waals surface area (Å²) < 4.78 is 5.18. The van der Waals surface area contributed by atoms with E-state index in [0.717, 1.165) is 34.7 Å². The number of amides is 2. The van der Waals surface area contributed by atoms with Gasteiger partial charge in [0.25, 0.3) is 0 Å². The third kappa shape index (κ3) is 4.35. The average molecular weight is 380 g/mol. The summed E-state index contributed by atoms with van der Waals surface area (Å²) in [5.41, 5.74) is 3.95. The Morgan fingerprint density at radius 1 is 1.11 bits per heavy atom. The number of anilines is 2. The van der Waals surface area contributed by atoms with Crippen LogP contribution < -0.4 is 15.0 Å². The van der Waals surface area contributed by atoms with Crippen molar-refractivity contribution in [1.82, 2.24) is 0 Å². The molecule has 0 aromatic heterocycles. The topological polar surface area (TPSA) is 58.6 Å². The first-order valence-corrected chi connectivity index (χ1v) is 9.77. The lowest BCUT2D eigenvalue weighted by molar-refractivity contribution is -0.121. The maximum atomic E-state index is 12.5. The summed E-state index contributed by atoms with van der Waals surface area (Å²) in [5.74, 6) is 1.02. The second kappa shape index (κ2) is 8.46. The number of hydrogen-bond donors (Lipinski definition) is 1. The van der Waals surface area contributed by atoms with Gasteiger partial charge in [0, 0.05) is 30.3 Å². The van der Waals surface area contributed by atoms with Gasteiger partial charge in [-0.2, -0.15) is 0 Å². The molecule has 2 aromatic rings. The molecular weight excluding hydrogens is 352 g/mol. The SMILES string of the molecule is COc1ccc(C(C)CC(=O)Nc2ccc3c(c2)CCN3C(=O)C(C)C)cc1. The van der Waals surface area contributed by atoms with Gasteiger partial charge in [-0.3, -0.25) is 9.59 Å². The van der Waals surface area contributed by atoms with E-state index in [1.54, 1.807) is 7.11 Å². The maximum absolute atomic E-state index is 12.5. The fourth-order valence-electron chi connectivity index (χ4n) is 3.56. The highest BCUT2D eigenvalue weighted by molar-refractivity contribution is 5.97. The Morgan fingerprint density at radius 3 is 2.46 bits per heavy atom. The molecule has 1 N–H and O–H groups in total. The van der Waals surface area contributed by atoms with Crippen molar-refractivity contribution in [2.45, 2.75) is 39.5 Å². The molecule has 1 heterocycles. The molecule has 0 bridgehead atoms. The molecule has 5 heteroatoms. The number of benzene rings is 2. The van der Waals surface area contributed by atoms with E-state index >= 15 is 0 Å². The molecule has 2 amide bonds. The van der Waals surface area contributed by atoms with Crippen LogP contribution >= 0.6 is 0 Å². The van der Waals surface area contributed by atoms with Crippen molar-refractivity contribution in [3.05, 3.63) is 53.6 Å². The third-order valence-electron chi connectivity index (χ3n) is 5.20. The highest BCUT2D eigenvalue weighted by Gasteiger charge is 2.26. The number of nitrogens with one attached hydrogen (secondary N) is 1. The van der Waals surface area contributed by atoms with E-state index in [1.807, 2.05) is 68.1 Å². The maximum Gasteiger partial charge on any atom is 0.229 e. The molecule has 1 aliphatic rings. The Kier molecular flexibility index (Phi) is 6.02. The van der Waals surface area contributed by atoms with Crippen molar-refractivity contribution < 1.29 is 14.3 Å². The summed E-state index contributed by atoms with van der Waals surface area (Å²) in [6, 6.07) is 13.6. The fourth-order valence-corrected chi connectivity index (χ4v) is 3.56. The number of ether oxygens (including phenoxy) is 1. The van der Waals surface area contributed by atoms with Crippen LogP contribution in [0.4, 0.5) is 11.4 Å². The van der Waals surface area contributed by atoms with Crippen LogP contribution in [-0.4, -0.2) is 25.5 Å². The van der Waals surface area contributed by atoms with Crippen LogP contribution in [0.1, 0.15) is 44.2 Å². The van der Waals surface area contributed by atoms with Crippen molar-refractivity contribution in [1.29, 1.82) is 0 Å². The summed E-state index contributed by atoms with van der Waals surface area (Å²) in [6.07, 6.45) is 1.22. The molecule has 3 rings (SSSR count). The zero-order valence-corrected chi connectivity index (χ0v) is 17.0. The first-order chi connectivity index (χ1) is 13.4. The fraction of sp³-hybridized carbons (Fsp3) is 0.391. The van der Waals surface area contributed by atoms with Crippen LogP contribution in [0, 0.1) is 5.92 Å². The summed E-state index contributed by atoms with van der Waals surface area (Å²) in [5, 5.41) is 2.99. The molecule has 1 aliphatic heterocycles. The van der Waals surface area contributed by atoms with Crippen LogP contribution in [0.2, 0.25) is 0 Å². The van der Waals surface area contributed by atoms with Gasteiger partial charge in [-0.25, -0.2) is 0 Å². The van der Waals surface area contributed by atoms with Crippen LogP contribution in [0.5, 0.6) is 5.75 Å². The van der Waals surface area contributed by atoms with Gasteiger partial charge < -0.3 is 15.0 Å². The second-order valence-electron chi connectivity index (χ2n) is 7.66. The lowest BCUT2D eigenvalue weighted by Gasteiger charge is -2.20. The molecule has 2 aromatic carbocycles. The molecule has 1 atom stereocenters. The van der Waals surface area contributed by atoms with E-state index in [0.29, 0.717) is 13.0 Å². The van der Waals surface area contributed by atoms with Gasteiger partial charge in [0.2, 0.25) is 11.8 Å². The Labute approximate surface area is 166 Å². The number of carbonyl (C=O) groups is 2. The van der Waals surface area contributed by atoms with E-state index in [9.17, 15) is 9.59 Å². The Bertz CT molecular complexity index is 859. The van der Waals surface area contributed by atoms with Gasteiger partial charge in [0.05, 0.1) is 7.11 Å². The number of methoxy groups -OCH3 is 1. The van der Waals surface area contributed by atoms with Crippen molar-refractivity contribution in [3.63, 3.8) is 0 Å². The van der Waals surface area contributed by atoms with Gasteiger partial charge in [0.15, 0.2) is 0 Å². The molecule has 28 heavy (non-hydrogen) atoms. The molecule has 0 fully saturated rings. The predicted octanol–water partition coefficient (Wildman–Crippen LogP) is 4.37. The molecule has 0 aliphatic carbocycles. The molecule has 0 saturated carbocycles. The minimum Gasteiger partial charge on any atom is -0.497 e. The standard InChI is InChI=1S/C23H28N2O3/c1-15(2)23(27)25-12-11-18-14-19(7-10-21(18)25)24-22(26)13-16(3)17-5-8-20(28-4)9-6-17/h5-10,14-16H,11-13H2,1-4H3,(H,24,26). The number of rotatable bonds is 6. The van der Waals surface area contributed by atoms with Crippen LogP contribution in [0.3, 0.4) is 0 Å². The van der Waals surface area contributed by atoms with E-state index in [2.05, 4.69) is 5.32 Å². The highest BCUT2D eigenvalue weighted by atomic mass is 16.5. The highest BCUT2D eigenvalue weighted by Crippen LogP contribution is 2.32. The molecule has 0 radical (unpaired) electrons. The van der Waals surface area contributed by atoms with E-state index in [-0.39, 0.29) is 23.7 Å². The van der Waals surface area contributed by atoms with Gasteiger partial charge >= 0.3 is 0 Å². The second-order valence-corrected chi connectivity index (χ2v) is 7.66. The minimum atomic E-state index is -0.0234.